The maximum Gasteiger partial charge on any atom is 0.232 e. The van der Waals surface area contributed by atoms with E-state index in [2.05, 4.69) is 0 Å². The summed E-state index contributed by atoms with van der Waals surface area (Å²) in [6, 6.07) is 13.9. The Kier molecular flexibility index (Phi) is 6.90. The molecule has 0 aliphatic rings. The number of sulfonamides is 1. The number of carbonyl (C=O) groups is 1. The molecule has 4 rings (SSSR count). The van der Waals surface area contributed by atoms with E-state index in [1.54, 1.807) is 57.2 Å². The quantitative estimate of drug-likeness (QED) is 0.231. The molecule has 0 saturated carbocycles. The highest BCUT2D eigenvalue weighted by Gasteiger charge is 2.34. The van der Waals surface area contributed by atoms with E-state index in [4.69, 9.17) is 44.2 Å². The SMILES string of the molecule is CN(c1c(C(=O)C(C)(C)C)oc2nc(-c3ccc(Cl)cc3Cl)c(-c3ccc(Cl)cc3)cc12)S(C)(=O)=O. The number of rotatable bonds is 5. The van der Waals surface area contributed by atoms with Crippen molar-refractivity contribution in [1.82, 2.24) is 4.98 Å². The number of furan rings is 1. The Morgan fingerprint density at radius 2 is 1.56 bits per heavy atom. The third-order valence-electron chi connectivity index (χ3n) is 5.70. The molecule has 0 bridgehead atoms. The Morgan fingerprint density at radius 1 is 0.944 bits per heavy atom. The summed E-state index contributed by atoms with van der Waals surface area (Å²) >= 11 is 18.8. The number of hydrogen-bond donors (Lipinski definition) is 0. The first-order chi connectivity index (χ1) is 16.7. The molecule has 0 unspecified atom stereocenters. The third kappa shape index (κ3) is 4.98. The highest BCUT2D eigenvalue weighted by atomic mass is 35.5. The molecule has 0 aliphatic heterocycles. The van der Waals surface area contributed by atoms with Crippen LogP contribution in [0.5, 0.6) is 0 Å². The zero-order valence-electron chi connectivity index (χ0n) is 20.2. The van der Waals surface area contributed by atoms with Crippen molar-refractivity contribution in [1.29, 1.82) is 0 Å². The molecular weight excluding hydrogens is 543 g/mol. The number of fused-ring (bicyclic) bond motifs is 1. The number of halogens is 3. The van der Waals surface area contributed by atoms with E-state index < -0.39 is 15.4 Å². The molecule has 2 aromatic carbocycles. The van der Waals surface area contributed by atoms with Crippen molar-refractivity contribution < 1.29 is 17.6 Å². The van der Waals surface area contributed by atoms with E-state index in [0.29, 0.717) is 37.3 Å². The minimum Gasteiger partial charge on any atom is -0.432 e. The van der Waals surface area contributed by atoms with Gasteiger partial charge in [0.2, 0.25) is 21.5 Å². The molecule has 0 saturated heterocycles. The summed E-state index contributed by atoms with van der Waals surface area (Å²) in [7, 11) is -2.36. The lowest BCUT2D eigenvalue weighted by molar-refractivity contribution is 0.0831. The minimum atomic E-state index is -3.74. The van der Waals surface area contributed by atoms with Crippen LogP contribution in [-0.2, 0) is 10.0 Å². The van der Waals surface area contributed by atoms with Gasteiger partial charge in [-0.1, -0.05) is 67.7 Å². The first-order valence-corrected chi connectivity index (χ1v) is 13.8. The van der Waals surface area contributed by atoms with Crippen molar-refractivity contribution in [3.8, 4) is 22.4 Å². The van der Waals surface area contributed by atoms with Gasteiger partial charge in [-0.2, -0.15) is 0 Å². The molecule has 2 heterocycles. The average Bonchev–Trinajstić information content (AvgIpc) is 3.14. The molecular formula is C26H23Cl3N2O4S. The van der Waals surface area contributed by atoms with Crippen LogP contribution in [0.4, 0.5) is 5.69 Å². The fourth-order valence-electron chi connectivity index (χ4n) is 3.72. The Hall–Kier alpha value is -2.58. The van der Waals surface area contributed by atoms with Crippen molar-refractivity contribution in [2.45, 2.75) is 20.8 Å². The van der Waals surface area contributed by atoms with E-state index in [1.807, 2.05) is 12.1 Å². The highest BCUT2D eigenvalue weighted by molar-refractivity contribution is 7.92. The second-order valence-electron chi connectivity index (χ2n) is 9.46. The number of nitrogens with zero attached hydrogens (tertiary/aromatic N) is 2. The van der Waals surface area contributed by atoms with Gasteiger partial charge in [0.25, 0.3) is 0 Å². The van der Waals surface area contributed by atoms with Crippen molar-refractivity contribution in [3.63, 3.8) is 0 Å². The van der Waals surface area contributed by atoms with Gasteiger partial charge in [-0.3, -0.25) is 9.10 Å². The van der Waals surface area contributed by atoms with Crippen molar-refractivity contribution >= 4 is 67.4 Å². The molecule has 10 heteroatoms. The maximum absolute atomic E-state index is 13.3. The van der Waals surface area contributed by atoms with Gasteiger partial charge in [0.05, 0.1) is 22.4 Å². The van der Waals surface area contributed by atoms with E-state index in [9.17, 15) is 13.2 Å². The van der Waals surface area contributed by atoms with Crippen LogP contribution in [0.3, 0.4) is 0 Å². The van der Waals surface area contributed by atoms with Gasteiger partial charge < -0.3 is 4.42 Å². The number of pyridine rings is 1. The summed E-state index contributed by atoms with van der Waals surface area (Å²) in [5.74, 6) is -0.440. The molecule has 0 spiro atoms. The Balaban J connectivity index is 2.14. The van der Waals surface area contributed by atoms with Gasteiger partial charge >= 0.3 is 0 Å². The minimum absolute atomic E-state index is 0.0839. The highest BCUT2D eigenvalue weighted by Crippen LogP contribution is 2.43. The average molecular weight is 566 g/mol. The van der Waals surface area contributed by atoms with Gasteiger partial charge in [-0.25, -0.2) is 13.4 Å². The summed E-state index contributed by atoms with van der Waals surface area (Å²) in [5, 5.41) is 1.76. The molecule has 6 nitrogen and oxygen atoms in total. The second-order valence-corrected chi connectivity index (χ2v) is 12.8. The molecule has 188 valence electrons. The van der Waals surface area contributed by atoms with E-state index >= 15 is 0 Å². The standard InChI is InChI=1S/C26H23Cl3N2O4S/c1-26(2,3)24(32)23-22(31(4)36(5,33)34)19-13-18(14-6-8-15(27)9-7-14)21(30-25(19)35-23)17-11-10-16(28)12-20(17)29/h6-13H,1-5H3. The van der Waals surface area contributed by atoms with Gasteiger partial charge in [-0.15, -0.1) is 0 Å². The number of Topliss-reactive ketones (excluding diaryl/α,β-unsaturated/α-hetero) is 1. The Morgan fingerprint density at radius 3 is 2.11 bits per heavy atom. The first kappa shape index (κ1) is 26.5. The van der Waals surface area contributed by atoms with E-state index in [-0.39, 0.29) is 22.9 Å². The Labute approximate surface area is 224 Å². The number of ketones is 1. The Bertz CT molecular complexity index is 1610. The molecule has 0 amide bonds. The van der Waals surface area contributed by atoms with Crippen LogP contribution in [0.15, 0.2) is 52.9 Å². The molecule has 4 aromatic rings. The number of hydrogen-bond acceptors (Lipinski definition) is 5. The van der Waals surface area contributed by atoms with Crippen LogP contribution in [0, 0.1) is 5.41 Å². The van der Waals surface area contributed by atoms with Gasteiger partial charge in [-0.05, 0) is 42.0 Å². The fourth-order valence-corrected chi connectivity index (χ4v) is 4.86. The molecule has 0 N–H and O–H groups in total. The number of anilines is 1. The second kappa shape index (κ2) is 9.38. The molecule has 0 atom stereocenters. The van der Waals surface area contributed by atoms with E-state index in [0.717, 1.165) is 16.1 Å². The fraction of sp³-hybridized carbons (Fsp3) is 0.231. The summed E-state index contributed by atoms with van der Waals surface area (Å²) < 4.78 is 32.2. The smallest absolute Gasteiger partial charge is 0.232 e. The van der Waals surface area contributed by atoms with Gasteiger partial charge in [0, 0.05) is 33.6 Å². The maximum atomic E-state index is 13.3. The van der Waals surface area contributed by atoms with E-state index in [1.165, 1.54) is 7.05 Å². The molecule has 36 heavy (non-hydrogen) atoms. The topological polar surface area (TPSA) is 80.5 Å². The van der Waals surface area contributed by atoms with Crippen LogP contribution >= 0.6 is 34.8 Å². The lowest BCUT2D eigenvalue weighted by Crippen LogP contribution is -2.28. The molecule has 2 aromatic heterocycles. The predicted molar refractivity (Wildman–Crippen MR) is 147 cm³/mol. The normalized spacial score (nSPS) is 12.2. The summed E-state index contributed by atoms with van der Waals surface area (Å²) in [4.78, 5) is 18.1. The zero-order chi connectivity index (χ0) is 26.6. The lowest BCUT2D eigenvalue weighted by Gasteiger charge is -2.20. The molecule has 0 aliphatic carbocycles. The van der Waals surface area contributed by atoms with Crippen molar-refractivity contribution in [2.75, 3.05) is 17.6 Å². The van der Waals surface area contributed by atoms with Gasteiger partial charge in [0.15, 0.2) is 5.76 Å². The molecule has 0 radical (unpaired) electrons. The van der Waals surface area contributed by atoms with Crippen LogP contribution in [0.1, 0.15) is 31.3 Å². The van der Waals surface area contributed by atoms with Crippen LogP contribution < -0.4 is 4.31 Å². The number of aromatic nitrogens is 1. The van der Waals surface area contributed by atoms with Crippen molar-refractivity contribution in [3.05, 3.63) is 69.4 Å². The largest absolute Gasteiger partial charge is 0.432 e. The summed E-state index contributed by atoms with van der Waals surface area (Å²) in [5.41, 5.74) is 1.86. The molecule has 0 fully saturated rings. The lowest BCUT2D eigenvalue weighted by atomic mass is 9.89. The van der Waals surface area contributed by atoms with Crippen LogP contribution in [0.25, 0.3) is 33.5 Å². The van der Waals surface area contributed by atoms with Crippen LogP contribution in [0.2, 0.25) is 15.1 Å². The monoisotopic (exact) mass is 564 g/mol. The van der Waals surface area contributed by atoms with Gasteiger partial charge in [0.1, 0.15) is 5.69 Å². The van der Waals surface area contributed by atoms with Crippen molar-refractivity contribution in [2.24, 2.45) is 5.41 Å². The first-order valence-electron chi connectivity index (χ1n) is 10.9. The number of carbonyl (C=O) groups excluding carboxylic acids is 1. The zero-order valence-corrected chi connectivity index (χ0v) is 23.3. The number of benzene rings is 2. The summed E-state index contributed by atoms with van der Waals surface area (Å²) in [6.45, 7) is 5.20. The predicted octanol–water partition coefficient (Wildman–Crippen LogP) is 7.75. The van der Waals surface area contributed by atoms with Crippen LogP contribution in [-0.4, -0.2) is 32.5 Å². The third-order valence-corrected chi connectivity index (χ3v) is 7.68. The summed E-state index contributed by atoms with van der Waals surface area (Å²) in [6.07, 6.45) is 1.06.